The van der Waals surface area contributed by atoms with Crippen LogP contribution in [0.5, 0.6) is 5.75 Å². The van der Waals surface area contributed by atoms with Crippen molar-refractivity contribution < 1.29 is 9.13 Å². The van der Waals surface area contributed by atoms with Crippen LogP contribution in [-0.2, 0) is 0 Å². The number of nitrogens with one attached hydrogen (secondary N) is 1. The van der Waals surface area contributed by atoms with Gasteiger partial charge in [-0.3, -0.25) is 0 Å². The van der Waals surface area contributed by atoms with Gasteiger partial charge in [-0.2, -0.15) is 0 Å². The number of halogens is 2. The zero-order valence-corrected chi connectivity index (χ0v) is 11.8. The van der Waals surface area contributed by atoms with Crippen molar-refractivity contribution in [2.45, 2.75) is 13.0 Å². The van der Waals surface area contributed by atoms with Crippen molar-refractivity contribution in [3.05, 3.63) is 58.9 Å². The molecule has 0 saturated heterocycles. The van der Waals surface area contributed by atoms with E-state index in [2.05, 4.69) is 12.2 Å². The van der Waals surface area contributed by atoms with Crippen molar-refractivity contribution in [3.63, 3.8) is 0 Å². The maximum absolute atomic E-state index is 13.9. The van der Waals surface area contributed by atoms with E-state index in [0.717, 1.165) is 11.3 Å². The fourth-order valence-electron chi connectivity index (χ4n) is 2.49. The Hall–Kier alpha value is -1.74. The lowest BCUT2D eigenvalue weighted by molar-refractivity contribution is 0.214. The van der Waals surface area contributed by atoms with Crippen molar-refractivity contribution in [3.8, 4) is 5.75 Å². The maximum Gasteiger partial charge on any atom is 0.147 e. The van der Waals surface area contributed by atoms with Crippen LogP contribution >= 0.6 is 11.6 Å². The number of fused-ring (bicyclic) bond motifs is 1. The molecule has 2 nitrogen and oxygen atoms in total. The molecule has 1 N–H and O–H groups in total. The number of rotatable bonds is 2. The fraction of sp³-hybridized carbons (Fsp3) is 0.250. The Kier molecular flexibility index (Phi) is 3.53. The number of para-hydroxylation sites is 1. The van der Waals surface area contributed by atoms with Crippen LogP contribution in [-0.4, -0.2) is 6.61 Å². The predicted octanol–water partition coefficient (Wildman–Crippen LogP) is 4.66. The molecule has 2 unspecified atom stereocenters. The minimum Gasteiger partial charge on any atom is -0.493 e. The maximum atomic E-state index is 13.9. The highest BCUT2D eigenvalue weighted by Gasteiger charge is 2.28. The Morgan fingerprint density at radius 2 is 2.05 bits per heavy atom. The lowest BCUT2D eigenvalue weighted by Crippen LogP contribution is -2.29. The highest BCUT2D eigenvalue weighted by molar-refractivity contribution is 6.30. The molecule has 0 bridgehead atoms. The minimum atomic E-state index is -0.339. The lowest BCUT2D eigenvalue weighted by atomic mass is 9.92. The van der Waals surface area contributed by atoms with E-state index < -0.39 is 0 Å². The third-order valence-corrected chi connectivity index (χ3v) is 3.80. The third kappa shape index (κ3) is 2.46. The summed E-state index contributed by atoms with van der Waals surface area (Å²) < 4.78 is 19.6. The molecule has 20 heavy (non-hydrogen) atoms. The largest absolute Gasteiger partial charge is 0.493 e. The molecule has 2 aromatic carbocycles. The Balaban J connectivity index is 1.93. The molecule has 1 aliphatic rings. The van der Waals surface area contributed by atoms with Gasteiger partial charge in [-0.15, -0.1) is 0 Å². The first kappa shape index (κ1) is 13.3. The Bertz CT molecular complexity index is 632. The van der Waals surface area contributed by atoms with Crippen molar-refractivity contribution >= 4 is 17.3 Å². The van der Waals surface area contributed by atoms with E-state index in [1.165, 1.54) is 6.07 Å². The van der Waals surface area contributed by atoms with Crippen LogP contribution in [0.25, 0.3) is 0 Å². The van der Waals surface area contributed by atoms with Crippen molar-refractivity contribution in [1.29, 1.82) is 0 Å². The molecule has 4 heteroatoms. The number of ether oxygens (including phenoxy) is 1. The van der Waals surface area contributed by atoms with E-state index in [1.807, 2.05) is 24.3 Å². The quantitative estimate of drug-likeness (QED) is 0.869. The molecule has 0 aromatic heterocycles. The lowest BCUT2D eigenvalue weighted by Gasteiger charge is -2.32. The molecule has 2 atom stereocenters. The summed E-state index contributed by atoms with van der Waals surface area (Å²) in [5, 5.41) is 3.67. The van der Waals surface area contributed by atoms with Crippen molar-refractivity contribution in [2.75, 3.05) is 11.9 Å². The Morgan fingerprint density at radius 3 is 2.85 bits per heavy atom. The third-order valence-electron chi connectivity index (χ3n) is 3.57. The highest BCUT2D eigenvalue weighted by atomic mass is 35.5. The van der Waals surface area contributed by atoms with Crippen LogP contribution in [0.3, 0.4) is 0 Å². The predicted molar refractivity (Wildman–Crippen MR) is 78.9 cm³/mol. The molecule has 0 saturated carbocycles. The molecule has 0 spiro atoms. The number of hydrogen-bond acceptors (Lipinski definition) is 2. The van der Waals surface area contributed by atoms with Gasteiger partial charge in [-0.1, -0.05) is 36.7 Å². The molecule has 104 valence electrons. The molecule has 0 amide bonds. The summed E-state index contributed by atoms with van der Waals surface area (Å²) in [6.45, 7) is 2.70. The number of benzene rings is 2. The topological polar surface area (TPSA) is 21.3 Å². The van der Waals surface area contributed by atoms with Crippen LogP contribution in [0.4, 0.5) is 10.1 Å². The van der Waals surface area contributed by atoms with Gasteiger partial charge in [0.15, 0.2) is 0 Å². The van der Waals surface area contributed by atoms with E-state index in [1.54, 1.807) is 12.1 Å². The summed E-state index contributed by atoms with van der Waals surface area (Å²) in [4.78, 5) is 0. The van der Waals surface area contributed by atoms with Gasteiger partial charge < -0.3 is 10.1 Å². The van der Waals surface area contributed by atoms with Crippen LogP contribution in [0.15, 0.2) is 42.5 Å². The molecular formula is C16H15ClFNO. The van der Waals surface area contributed by atoms with E-state index in [-0.39, 0.29) is 17.8 Å². The second kappa shape index (κ2) is 5.33. The molecular weight excluding hydrogens is 277 g/mol. The molecule has 2 aromatic rings. The molecule has 0 radical (unpaired) electrons. The van der Waals surface area contributed by atoms with E-state index in [0.29, 0.717) is 17.3 Å². The molecule has 0 aliphatic carbocycles. The summed E-state index contributed by atoms with van der Waals surface area (Å²) in [7, 11) is 0. The van der Waals surface area contributed by atoms with Crippen molar-refractivity contribution in [2.24, 2.45) is 5.92 Å². The average molecular weight is 292 g/mol. The number of hydrogen-bond donors (Lipinski definition) is 1. The number of anilines is 1. The smallest absolute Gasteiger partial charge is 0.147 e. The first-order valence-electron chi connectivity index (χ1n) is 6.58. The SMILES string of the molecule is CC1COc2ccccc2C1Nc1ccc(Cl)cc1F. The Morgan fingerprint density at radius 1 is 1.25 bits per heavy atom. The molecule has 3 rings (SSSR count). The van der Waals surface area contributed by atoms with E-state index in [9.17, 15) is 4.39 Å². The first-order chi connectivity index (χ1) is 9.65. The second-order valence-electron chi connectivity index (χ2n) is 5.07. The van der Waals surface area contributed by atoms with Gasteiger partial charge in [0.25, 0.3) is 0 Å². The summed E-state index contributed by atoms with van der Waals surface area (Å²) in [6, 6.07) is 12.5. The second-order valence-corrected chi connectivity index (χ2v) is 5.51. The van der Waals surface area contributed by atoms with Crippen LogP contribution in [0.2, 0.25) is 5.02 Å². The fourth-order valence-corrected chi connectivity index (χ4v) is 2.65. The minimum absolute atomic E-state index is 0.0237. The van der Waals surface area contributed by atoms with Gasteiger partial charge in [-0.25, -0.2) is 4.39 Å². The Labute approximate surface area is 122 Å². The van der Waals surface area contributed by atoms with E-state index in [4.69, 9.17) is 16.3 Å². The molecule has 1 aliphatic heterocycles. The first-order valence-corrected chi connectivity index (χ1v) is 6.96. The van der Waals surface area contributed by atoms with Gasteiger partial charge in [0.05, 0.1) is 18.3 Å². The van der Waals surface area contributed by atoms with Crippen LogP contribution in [0, 0.1) is 11.7 Å². The van der Waals surface area contributed by atoms with Crippen LogP contribution < -0.4 is 10.1 Å². The molecule has 0 fully saturated rings. The monoisotopic (exact) mass is 291 g/mol. The standard InChI is InChI=1S/C16H15ClFNO/c1-10-9-20-15-5-3-2-4-12(15)16(10)19-14-7-6-11(17)8-13(14)18/h2-8,10,16,19H,9H2,1H3. The van der Waals surface area contributed by atoms with Gasteiger partial charge in [0.1, 0.15) is 11.6 Å². The van der Waals surface area contributed by atoms with Gasteiger partial charge in [0.2, 0.25) is 0 Å². The van der Waals surface area contributed by atoms with Crippen molar-refractivity contribution in [1.82, 2.24) is 0 Å². The van der Waals surface area contributed by atoms with Gasteiger partial charge in [-0.05, 0) is 24.3 Å². The summed E-state index contributed by atoms with van der Waals surface area (Å²) in [5.41, 5.74) is 1.52. The average Bonchev–Trinajstić information content (AvgIpc) is 2.44. The molecule has 1 heterocycles. The normalized spacial score (nSPS) is 20.9. The van der Waals surface area contributed by atoms with E-state index >= 15 is 0 Å². The zero-order valence-electron chi connectivity index (χ0n) is 11.1. The zero-order chi connectivity index (χ0) is 14.1. The van der Waals surface area contributed by atoms with Crippen LogP contribution in [0.1, 0.15) is 18.5 Å². The van der Waals surface area contributed by atoms with Gasteiger partial charge >= 0.3 is 0 Å². The summed E-state index contributed by atoms with van der Waals surface area (Å²) in [6.07, 6.45) is 0. The summed E-state index contributed by atoms with van der Waals surface area (Å²) >= 11 is 5.78. The van der Waals surface area contributed by atoms with Gasteiger partial charge in [0, 0.05) is 16.5 Å². The summed E-state index contributed by atoms with van der Waals surface area (Å²) in [5.74, 6) is 0.770. The highest BCUT2D eigenvalue weighted by Crippen LogP contribution is 2.37.